The van der Waals surface area contributed by atoms with E-state index in [0.29, 0.717) is 18.0 Å². The molecule has 12 nitrogen and oxygen atoms in total. The van der Waals surface area contributed by atoms with Gasteiger partial charge in [-0.2, -0.15) is 0 Å². The fourth-order valence-electron chi connectivity index (χ4n) is 3.13. The zero-order valence-electron chi connectivity index (χ0n) is 19.2. The number of nitro groups is 2. The van der Waals surface area contributed by atoms with Crippen molar-refractivity contribution in [1.29, 1.82) is 0 Å². The van der Waals surface area contributed by atoms with E-state index in [-0.39, 0.29) is 28.7 Å². The molecular weight excluding hydrogens is 468 g/mol. The number of halogens is 1. The van der Waals surface area contributed by atoms with Crippen molar-refractivity contribution in [2.75, 3.05) is 30.4 Å². The summed E-state index contributed by atoms with van der Waals surface area (Å²) in [6.45, 7) is 7.16. The second-order valence-corrected chi connectivity index (χ2v) is 7.44. The highest BCUT2D eigenvalue weighted by Crippen LogP contribution is 2.42. The van der Waals surface area contributed by atoms with E-state index in [4.69, 9.17) is 16.3 Å². The number of nitrogens with zero attached hydrogens (tertiary/aromatic N) is 5. The van der Waals surface area contributed by atoms with Crippen molar-refractivity contribution in [3.63, 3.8) is 0 Å². The third kappa shape index (κ3) is 6.16. The first-order valence-electron chi connectivity index (χ1n) is 10.5. The van der Waals surface area contributed by atoms with Crippen LogP contribution in [0, 0.1) is 20.2 Å². The van der Waals surface area contributed by atoms with Crippen LogP contribution in [0.15, 0.2) is 34.5 Å². The van der Waals surface area contributed by atoms with Gasteiger partial charge in [0.1, 0.15) is 11.4 Å². The first-order valence-corrected chi connectivity index (χ1v) is 10.8. The molecule has 0 aliphatic heterocycles. The number of methoxy groups -OCH3 is 1. The summed E-state index contributed by atoms with van der Waals surface area (Å²) >= 11 is 6.05. The summed E-state index contributed by atoms with van der Waals surface area (Å²) in [4.78, 5) is 35.1. The van der Waals surface area contributed by atoms with Gasteiger partial charge in [-0.25, -0.2) is 0 Å². The fourth-order valence-corrected chi connectivity index (χ4v) is 3.37. The number of nitrogens with one attached hydrogen (secondary N) is 1. The van der Waals surface area contributed by atoms with Crippen molar-refractivity contribution in [2.24, 2.45) is 10.2 Å². The largest absolute Gasteiger partial charge is 0.494 e. The Morgan fingerprint density at radius 1 is 1.12 bits per heavy atom. The van der Waals surface area contributed by atoms with Crippen LogP contribution in [0.3, 0.4) is 0 Å². The minimum absolute atomic E-state index is 0.165. The number of carbonyl (C=O) groups is 1. The van der Waals surface area contributed by atoms with E-state index >= 15 is 0 Å². The summed E-state index contributed by atoms with van der Waals surface area (Å²) in [6.07, 6.45) is 1.10. The zero-order valence-corrected chi connectivity index (χ0v) is 20.0. The molecule has 0 aromatic heterocycles. The number of hydrogen-bond donors (Lipinski definition) is 1. The molecule has 0 unspecified atom stereocenters. The summed E-state index contributed by atoms with van der Waals surface area (Å²) in [7, 11) is 1.49. The Balaban J connectivity index is 2.67. The molecule has 1 amide bonds. The van der Waals surface area contributed by atoms with E-state index in [2.05, 4.69) is 20.4 Å². The van der Waals surface area contributed by atoms with Crippen LogP contribution in [0.4, 0.5) is 34.1 Å². The smallest absolute Gasteiger partial charge is 0.305 e. The molecule has 182 valence electrons. The molecule has 2 rings (SSSR count). The Morgan fingerprint density at radius 3 is 2.35 bits per heavy atom. The number of anilines is 2. The van der Waals surface area contributed by atoms with E-state index in [1.165, 1.54) is 7.11 Å². The molecule has 0 heterocycles. The van der Waals surface area contributed by atoms with E-state index < -0.39 is 21.2 Å². The molecule has 0 saturated carbocycles. The van der Waals surface area contributed by atoms with Gasteiger partial charge in [0, 0.05) is 31.6 Å². The number of hydrogen-bond acceptors (Lipinski definition) is 9. The lowest BCUT2D eigenvalue weighted by Crippen LogP contribution is -2.24. The Morgan fingerprint density at radius 2 is 1.82 bits per heavy atom. The van der Waals surface area contributed by atoms with E-state index in [9.17, 15) is 25.0 Å². The Bertz CT molecular complexity index is 1120. The van der Waals surface area contributed by atoms with Gasteiger partial charge in [0.25, 0.3) is 5.69 Å². The van der Waals surface area contributed by atoms with Gasteiger partial charge in [0.2, 0.25) is 5.91 Å². The van der Waals surface area contributed by atoms with Crippen LogP contribution in [0.1, 0.15) is 33.6 Å². The molecule has 0 saturated heterocycles. The quantitative estimate of drug-likeness (QED) is 0.223. The van der Waals surface area contributed by atoms with Crippen LogP contribution in [-0.4, -0.2) is 36.0 Å². The number of azo groups is 1. The monoisotopic (exact) mass is 492 g/mol. The second-order valence-electron chi connectivity index (χ2n) is 7.03. The standard InChI is InChI=1S/C21H25ClN6O6/c1-5-8-26(7-3)17-11-15(23-20(29)6-2)16(12-19(17)34-4)24-25-21-14(22)9-13(27(30)31)10-18(21)28(32)33/h9-12H,5-8H2,1-4H3,(H,23,29). The summed E-state index contributed by atoms with van der Waals surface area (Å²) in [5.74, 6) is 0.188. The average Bonchev–Trinajstić information content (AvgIpc) is 2.81. The van der Waals surface area contributed by atoms with Crippen molar-refractivity contribution in [3.05, 3.63) is 49.5 Å². The van der Waals surface area contributed by atoms with Gasteiger partial charge in [-0.3, -0.25) is 25.0 Å². The Kier molecular flexibility index (Phi) is 9.25. The number of non-ortho nitro benzene ring substituents is 1. The minimum Gasteiger partial charge on any atom is -0.494 e. The predicted octanol–water partition coefficient (Wildman–Crippen LogP) is 6.17. The van der Waals surface area contributed by atoms with Crippen LogP contribution >= 0.6 is 11.6 Å². The lowest BCUT2D eigenvalue weighted by Gasteiger charge is -2.25. The third-order valence-electron chi connectivity index (χ3n) is 4.80. The molecule has 0 spiro atoms. The number of benzene rings is 2. The van der Waals surface area contributed by atoms with E-state index in [1.807, 2.05) is 13.8 Å². The predicted molar refractivity (Wildman–Crippen MR) is 129 cm³/mol. The minimum atomic E-state index is -0.833. The van der Waals surface area contributed by atoms with Gasteiger partial charge in [0.15, 0.2) is 5.69 Å². The van der Waals surface area contributed by atoms with Gasteiger partial charge < -0.3 is 15.0 Å². The summed E-state index contributed by atoms with van der Waals surface area (Å²) in [5.41, 5.74) is -0.356. The molecule has 2 aromatic carbocycles. The summed E-state index contributed by atoms with van der Waals surface area (Å²) in [6, 6.07) is 4.96. The highest BCUT2D eigenvalue weighted by Gasteiger charge is 2.24. The van der Waals surface area contributed by atoms with Gasteiger partial charge in [-0.1, -0.05) is 25.4 Å². The van der Waals surface area contributed by atoms with Gasteiger partial charge in [-0.15, -0.1) is 10.2 Å². The maximum absolute atomic E-state index is 12.1. The maximum atomic E-state index is 12.1. The van der Waals surface area contributed by atoms with Crippen molar-refractivity contribution in [1.82, 2.24) is 0 Å². The number of carbonyl (C=O) groups excluding carboxylic acids is 1. The van der Waals surface area contributed by atoms with Crippen molar-refractivity contribution in [2.45, 2.75) is 33.6 Å². The number of nitro benzene ring substituents is 2. The van der Waals surface area contributed by atoms with Gasteiger partial charge in [0.05, 0.1) is 39.4 Å². The van der Waals surface area contributed by atoms with Crippen molar-refractivity contribution in [3.8, 4) is 5.75 Å². The molecule has 2 aromatic rings. The summed E-state index contributed by atoms with van der Waals surface area (Å²) in [5, 5.41) is 32.9. The Labute approximate surface area is 200 Å². The van der Waals surface area contributed by atoms with Crippen LogP contribution in [-0.2, 0) is 4.79 Å². The lowest BCUT2D eigenvalue weighted by atomic mass is 10.2. The van der Waals surface area contributed by atoms with E-state index in [0.717, 1.165) is 30.8 Å². The first-order chi connectivity index (χ1) is 16.2. The van der Waals surface area contributed by atoms with E-state index in [1.54, 1.807) is 19.1 Å². The number of rotatable bonds is 11. The molecular formula is C21H25ClN6O6. The molecule has 0 aliphatic rings. The van der Waals surface area contributed by atoms with Crippen LogP contribution < -0.4 is 15.0 Å². The molecule has 0 radical (unpaired) electrons. The van der Waals surface area contributed by atoms with Gasteiger partial charge >= 0.3 is 5.69 Å². The highest BCUT2D eigenvalue weighted by atomic mass is 35.5. The third-order valence-corrected chi connectivity index (χ3v) is 5.09. The summed E-state index contributed by atoms with van der Waals surface area (Å²) < 4.78 is 5.52. The fraction of sp³-hybridized carbons (Fsp3) is 0.381. The van der Waals surface area contributed by atoms with Crippen molar-refractivity contribution < 1.29 is 19.4 Å². The zero-order chi connectivity index (χ0) is 25.4. The number of amides is 1. The molecule has 0 bridgehead atoms. The highest BCUT2D eigenvalue weighted by molar-refractivity contribution is 6.33. The molecule has 0 aliphatic carbocycles. The van der Waals surface area contributed by atoms with Crippen molar-refractivity contribution >= 4 is 51.6 Å². The molecule has 13 heteroatoms. The normalized spacial score (nSPS) is 10.9. The Hall–Kier alpha value is -3.80. The second kappa shape index (κ2) is 11.9. The molecule has 1 N–H and O–H groups in total. The topological polar surface area (TPSA) is 153 Å². The van der Waals surface area contributed by atoms with Crippen LogP contribution in [0.2, 0.25) is 5.02 Å². The maximum Gasteiger partial charge on any atom is 0.305 e. The lowest BCUT2D eigenvalue weighted by molar-refractivity contribution is -0.393. The SMILES string of the molecule is CCCN(CC)c1cc(NC(=O)CC)c(N=Nc2c(Cl)cc([N+](=O)[O-])cc2[N+](=O)[O-])cc1OC. The molecule has 34 heavy (non-hydrogen) atoms. The first kappa shape index (κ1) is 26.5. The molecule has 0 fully saturated rings. The van der Waals surface area contributed by atoms with Crippen LogP contribution in [0.25, 0.3) is 0 Å². The number of ether oxygens (including phenoxy) is 1. The van der Waals surface area contributed by atoms with Gasteiger partial charge in [-0.05, 0) is 19.4 Å². The van der Waals surface area contributed by atoms with Crippen LogP contribution in [0.5, 0.6) is 5.75 Å². The molecule has 0 atom stereocenters. The average molecular weight is 493 g/mol.